The maximum Gasteiger partial charge on any atom is 0.253 e. The van der Waals surface area contributed by atoms with Crippen LogP contribution in [0.3, 0.4) is 0 Å². The Labute approximate surface area is 174 Å². The van der Waals surface area contributed by atoms with Gasteiger partial charge >= 0.3 is 0 Å². The van der Waals surface area contributed by atoms with Crippen LogP contribution in [0.1, 0.15) is 35.2 Å². The van der Waals surface area contributed by atoms with Gasteiger partial charge in [0.25, 0.3) is 5.91 Å². The molecule has 0 aromatic heterocycles. The molecule has 0 saturated carbocycles. The maximum absolute atomic E-state index is 13.5. The molecule has 2 N–H and O–H groups in total. The quantitative estimate of drug-likeness (QED) is 0.771. The molecule has 5 nitrogen and oxygen atoms in total. The van der Waals surface area contributed by atoms with Crippen molar-refractivity contribution in [1.82, 2.24) is 4.90 Å². The first-order valence-electron chi connectivity index (χ1n) is 9.50. The molecule has 29 heavy (non-hydrogen) atoms. The molecule has 0 aliphatic carbocycles. The molecule has 1 fully saturated rings. The lowest BCUT2D eigenvalue weighted by Gasteiger charge is -2.42. The number of nitrogens with two attached hydrogens (primary N) is 1. The van der Waals surface area contributed by atoms with Crippen LogP contribution in [-0.4, -0.2) is 36.4 Å². The van der Waals surface area contributed by atoms with Crippen molar-refractivity contribution in [2.75, 3.05) is 19.7 Å². The van der Waals surface area contributed by atoms with Crippen molar-refractivity contribution in [3.63, 3.8) is 0 Å². The molecule has 1 atom stereocenters. The van der Waals surface area contributed by atoms with Gasteiger partial charge in [0.15, 0.2) is 0 Å². The number of aryl methyl sites for hydroxylation is 1. The Morgan fingerprint density at radius 1 is 1.28 bits per heavy atom. The molecule has 1 aliphatic rings. The van der Waals surface area contributed by atoms with Crippen molar-refractivity contribution in [2.45, 2.75) is 26.2 Å². The largest absolute Gasteiger partial charge is 0.493 e. The SMILES string of the molecule is Cc1cc(OC[C@]2(CC(N)=O)CCCN(C(=O)c3cccc(F)c3)C2)ccc1Cl. The van der Waals surface area contributed by atoms with Gasteiger partial charge in [-0.3, -0.25) is 9.59 Å². The molecular formula is C22H24ClFN2O3. The summed E-state index contributed by atoms with van der Waals surface area (Å²) >= 11 is 6.06. The van der Waals surface area contributed by atoms with E-state index in [0.29, 0.717) is 36.7 Å². The van der Waals surface area contributed by atoms with E-state index < -0.39 is 17.1 Å². The normalized spacial score (nSPS) is 19.1. The average Bonchev–Trinajstić information content (AvgIpc) is 2.68. The number of carbonyl (C=O) groups excluding carboxylic acids is 2. The van der Waals surface area contributed by atoms with E-state index >= 15 is 0 Å². The summed E-state index contributed by atoms with van der Waals surface area (Å²) in [5.74, 6) is -0.525. The number of piperidine rings is 1. The first-order chi connectivity index (χ1) is 13.8. The van der Waals surface area contributed by atoms with E-state index in [2.05, 4.69) is 0 Å². The molecule has 0 radical (unpaired) electrons. The maximum atomic E-state index is 13.5. The number of likely N-dealkylation sites (tertiary alicyclic amines) is 1. The molecule has 154 valence electrons. The van der Waals surface area contributed by atoms with E-state index in [1.807, 2.05) is 13.0 Å². The highest BCUT2D eigenvalue weighted by molar-refractivity contribution is 6.31. The van der Waals surface area contributed by atoms with Crippen LogP contribution < -0.4 is 10.5 Å². The smallest absolute Gasteiger partial charge is 0.253 e. The molecular weight excluding hydrogens is 395 g/mol. The molecule has 2 aromatic rings. The van der Waals surface area contributed by atoms with Crippen LogP contribution in [0.2, 0.25) is 5.02 Å². The number of hydrogen-bond donors (Lipinski definition) is 1. The van der Waals surface area contributed by atoms with Gasteiger partial charge in [0.05, 0.1) is 6.61 Å². The number of nitrogens with zero attached hydrogens (tertiary/aromatic N) is 1. The van der Waals surface area contributed by atoms with E-state index in [4.69, 9.17) is 22.1 Å². The molecule has 0 spiro atoms. The van der Waals surface area contributed by atoms with Gasteiger partial charge in [0.2, 0.25) is 5.91 Å². The zero-order valence-corrected chi connectivity index (χ0v) is 17.0. The second-order valence-corrected chi connectivity index (χ2v) is 8.09. The summed E-state index contributed by atoms with van der Waals surface area (Å²) in [7, 11) is 0. The third-order valence-corrected chi connectivity index (χ3v) is 5.67. The topological polar surface area (TPSA) is 72.6 Å². The second kappa shape index (κ2) is 8.82. The van der Waals surface area contributed by atoms with Gasteiger partial charge in [-0.25, -0.2) is 4.39 Å². The Morgan fingerprint density at radius 3 is 2.76 bits per heavy atom. The summed E-state index contributed by atoms with van der Waals surface area (Å²) in [6.07, 6.45) is 1.51. The number of benzene rings is 2. The lowest BCUT2D eigenvalue weighted by Crippen LogP contribution is -2.50. The first-order valence-corrected chi connectivity index (χ1v) is 9.88. The zero-order chi connectivity index (χ0) is 21.0. The third-order valence-electron chi connectivity index (χ3n) is 5.24. The second-order valence-electron chi connectivity index (χ2n) is 7.68. The van der Waals surface area contributed by atoms with Crippen LogP contribution in [0, 0.1) is 18.2 Å². The van der Waals surface area contributed by atoms with E-state index in [0.717, 1.165) is 5.56 Å². The number of amides is 2. The van der Waals surface area contributed by atoms with E-state index in [1.165, 1.54) is 18.2 Å². The van der Waals surface area contributed by atoms with Crippen molar-refractivity contribution in [3.05, 3.63) is 64.4 Å². The van der Waals surface area contributed by atoms with Gasteiger partial charge in [0, 0.05) is 35.5 Å². The molecule has 7 heteroatoms. The highest BCUT2D eigenvalue weighted by atomic mass is 35.5. The van der Waals surface area contributed by atoms with Gasteiger partial charge in [-0.1, -0.05) is 17.7 Å². The van der Waals surface area contributed by atoms with Crippen LogP contribution in [-0.2, 0) is 4.79 Å². The molecule has 2 aromatic carbocycles. The number of hydrogen-bond acceptors (Lipinski definition) is 3. The first kappa shape index (κ1) is 21.1. The summed E-state index contributed by atoms with van der Waals surface area (Å²) in [5, 5.41) is 0.647. The third kappa shape index (κ3) is 5.26. The molecule has 0 unspecified atom stereocenters. The van der Waals surface area contributed by atoms with Crippen molar-refractivity contribution < 1.29 is 18.7 Å². The highest BCUT2D eigenvalue weighted by Crippen LogP contribution is 2.35. The molecule has 1 aliphatic heterocycles. The van der Waals surface area contributed by atoms with Crippen molar-refractivity contribution in [3.8, 4) is 5.75 Å². The van der Waals surface area contributed by atoms with Crippen molar-refractivity contribution in [2.24, 2.45) is 11.1 Å². The summed E-state index contributed by atoms with van der Waals surface area (Å²) in [6, 6.07) is 11.0. The number of rotatable bonds is 6. The molecule has 0 bridgehead atoms. The van der Waals surface area contributed by atoms with E-state index in [1.54, 1.807) is 23.1 Å². The van der Waals surface area contributed by atoms with Crippen LogP contribution in [0.4, 0.5) is 4.39 Å². The number of carbonyl (C=O) groups is 2. The lowest BCUT2D eigenvalue weighted by molar-refractivity contribution is -0.122. The van der Waals surface area contributed by atoms with Crippen LogP contribution in [0.25, 0.3) is 0 Å². The summed E-state index contributed by atoms with van der Waals surface area (Å²) in [6.45, 7) is 2.98. The zero-order valence-electron chi connectivity index (χ0n) is 16.3. The predicted octanol–water partition coefficient (Wildman–Crippen LogP) is 3.96. The van der Waals surface area contributed by atoms with Gasteiger partial charge in [-0.15, -0.1) is 0 Å². The van der Waals surface area contributed by atoms with E-state index in [9.17, 15) is 14.0 Å². The minimum atomic E-state index is -0.597. The Hall–Kier alpha value is -2.60. The Morgan fingerprint density at radius 2 is 2.07 bits per heavy atom. The number of halogens is 2. The van der Waals surface area contributed by atoms with Crippen molar-refractivity contribution >= 4 is 23.4 Å². The average molecular weight is 419 g/mol. The fourth-order valence-corrected chi connectivity index (χ4v) is 3.93. The minimum Gasteiger partial charge on any atom is -0.493 e. The standard InChI is InChI=1S/C22H24ClFN2O3/c1-15-10-18(6-7-19(15)23)29-14-22(12-20(25)27)8-3-9-26(13-22)21(28)16-4-2-5-17(24)11-16/h2,4-7,10-11H,3,8-9,12-14H2,1H3,(H2,25,27)/t22-/m0/s1. The number of ether oxygens (including phenoxy) is 1. The Kier molecular flexibility index (Phi) is 6.42. The predicted molar refractivity (Wildman–Crippen MR) is 109 cm³/mol. The lowest BCUT2D eigenvalue weighted by atomic mass is 9.77. The minimum absolute atomic E-state index is 0.104. The molecule has 1 saturated heterocycles. The summed E-state index contributed by atoms with van der Waals surface area (Å²) < 4.78 is 19.5. The van der Waals surface area contributed by atoms with E-state index in [-0.39, 0.29) is 24.5 Å². The van der Waals surface area contributed by atoms with Crippen LogP contribution in [0.5, 0.6) is 5.75 Å². The van der Waals surface area contributed by atoms with Crippen LogP contribution in [0.15, 0.2) is 42.5 Å². The molecule has 1 heterocycles. The monoisotopic (exact) mass is 418 g/mol. The fraction of sp³-hybridized carbons (Fsp3) is 0.364. The summed E-state index contributed by atoms with van der Waals surface area (Å²) in [4.78, 5) is 26.3. The highest BCUT2D eigenvalue weighted by Gasteiger charge is 2.39. The molecule has 3 rings (SSSR count). The van der Waals surface area contributed by atoms with Gasteiger partial charge < -0.3 is 15.4 Å². The summed E-state index contributed by atoms with van der Waals surface area (Å²) in [5.41, 5.74) is 6.09. The van der Waals surface area contributed by atoms with Gasteiger partial charge in [-0.05, 0) is 61.7 Å². The Balaban J connectivity index is 1.78. The van der Waals surface area contributed by atoms with Gasteiger partial charge in [-0.2, -0.15) is 0 Å². The van der Waals surface area contributed by atoms with Crippen LogP contribution >= 0.6 is 11.6 Å². The fourth-order valence-electron chi connectivity index (χ4n) is 3.81. The van der Waals surface area contributed by atoms with Gasteiger partial charge in [0.1, 0.15) is 11.6 Å². The Bertz CT molecular complexity index is 921. The molecule has 2 amide bonds. The number of primary amides is 1. The van der Waals surface area contributed by atoms with Crippen molar-refractivity contribution in [1.29, 1.82) is 0 Å².